The van der Waals surface area contributed by atoms with Gasteiger partial charge in [-0.25, -0.2) is 9.59 Å². The van der Waals surface area contributed by atoms with E-state index in [1.165, 1.54) is 0 Å². The highest BCUT2D eigenvalue weighted by molar-refractivity contribution is 6.76. The molecule has 0 bridgehead atoms. The summed E-state index contributed by atoms with van der Waals surface area (Å²) in [6.07, 6.45) is -0.238. The first-order chi connectivity index (χ1) is 19.6. The SMILES string of the molecule is CC(C)(C)OC(=O)N[C@@H](CCCCNC(=O)OCc1ccccc1Cl)C(=O)NCC(=O)NCC(=O)OCC[Si](C)(C)C. The van der Waals surface area contributed by atoms with Crippen molar-refractivity contribution in [3.63, 3.8) is 0 Å². The highest BCUT2D eigenvalue weighted by atomic mass is 35.5. The molecule has 4 amide bonds. The maximum absolute atomic E-state index is 12.8. The summed E-state index contributed by atoms with van der Waals surface area (Å²) in [6.45, 7) is 11.5. The van der Waals surface area contributed by atoms with Gasteiger partial charge < -0.3 is 35.5 Å². The fourth-order valence-corrected chi connectivity index (χ4v) is 4.14. The largest absolute Gasteiger partial charge is 0.465 e. The molecule has 0 saturated heterocycles. The number of rotatable bonds is 16. The average Bonchev–Trinajstić information content (AvgIpc) is 2.87. The Balaban J connectivity index is 2.48. The molecule has 0 spiro atoms. The van der Waals surface area contributed by atoms with Gasteiger partial charge in [0.05, 0.1) is 13.2 Å². The molecule has 0 saturated carbocycles. The van der Waals surface area contributed by atoms with Gasteiger partial charge >= 0.3 is 18.2 Å². The number of amides is 4. The second-order valence-electron chi connectivity index (χ2n) is 11.8. The Morgan fingerprint density at radius 3 is 2.24 bits per heavy atom. The van der Waals surface area contributed by atoms with Crippen LogP contribution >= 0.6 is 11.6 Å². The predicted molar refractivity (Wildman–Crippen MR) is 162 cm³/mol. The Kier molecular flexibility index (Phi) is 16.0. The molecule has 0 aliphatic rings. The lowest BCUT2D eigenvalue weighted by Gasteiger charge is -2.23. The van der Waals surface area contributed by atoms with Crippen LogP contribution in [0.25, 0.3) is 0 Å². The van der Waals surface area contributed by atoms with Crippen LogP contribution in [-0.2, 0) is 35.2 Å². The van der Waals surface area contributed by atoms with Crippen LogP contribution in [0.4, 0.5) is 9.59 Å². The fourth-order valence-electron chi connectivity index (χ4n) is 3.24. The molecule has 12 nitrogen and oxygen atoms in total. The van der Waals surface area contributed by atoms with E-state index in [9.17, 15) is 24.0 Å². The van der Waals surface area contributed by atoms with E-state index in [0.29, 0.717) is 30.0 Å². The summed E-state index contributed by atoms with van der Waals surface area (Å²) < 4.78 is 15.5. The Labute approximate surface area is 253 Å². The van der Waals surface area contributed by atoms with Gasteiger partial charge in [0.25, 0.3) is 0 Å². The van der Waals surface area contributed by atoms with Crippen LogP contribution in [0, 0.1) is 0 Å². The van der Waals surface area contributed by atoms with Crippen LogP contribution in [-0.4, -0.2) is 75.9 Å². The van der Waals surface area contributed by atoms with Crippen molar-refractivity contribution in [2.75, 3.05) is 26.2 Å². The normalized spacial score (nSPS) is 12.0. The molecule has 14 heteroatoms. The van der Waals surface area contributed by atoms with Gasteiger partial charge in [-0.2, -0.15) is 0 Å². The average molecular weight is 629 g/mol. The van der Waals surface area contributed by atoms with E-state index in [4.69, 9.17) is 25.8 Å². The lowest BCUT2D eigenvalue weighted by molar-refractivity contribution is -0.143. The minimum absolute atomic E-state index is 0.0287. The standard InChI is InChI=1S/C28H45ClN4O8Si/c1-28(2,3)41-27(38)33-22(13-9-10-14-30-26(37)40-19-20-11-7-8-12-21(20)29)25(36)32-17-23(34)31-18-24(35)39-15-16-42(4,5)6/h7-8,11-12,22H,9-10,13-19H2,1-6H3,(H,30,37)(H,31,34)(H,32,36)(H,33,38)/t22-/m0/s1. The Morgan fingerprint density at radius 2 is 1.60 bits per heavy atom. The first kappa shape index (κ1) is 36.7. The van der Waals surface area contributed by atoms with E-state index >= 15 is 0 Å². The molecule has 0 unspecified atom stereocenters. The van der Waals surface area contributed by atoms with Crippen molar-refractivity contribution in [3.8, 4) is 0 Å². The number of esters is 1. The maximum atomic E-state index is 12.8. The number of nitrogens with one attached hydrogen (secondary N) is 4. The summed E-state index contributed by atoms with van der Waals surface area (Å²) in [5.41, 5.74) is -0.0920. The number of carbonyl (C=O) groups is 5. The Morgan fingerprint density at radius 1 is 0.905 bits per heavy atom. The maximum Gasteiger partial charge on any atom is 0.408 e. The molecule has 0 radical (unpaired) electrons. The van der Waals surface area contributed by atoms with Crippen LogP contribution in [0.15, 0.2) is 24.3 Å². The molecule has 42 heavy (non-hydrogen) atoms. The molecule has 1 rings (SSSR count). The number of unbranched alkanes of at least 4 members (excludes halogenated alkanes) is 1. The van der Waals surface area contributed by atoms with Crippen molar-refractivity contribution in [3.05, 3.63) is 34.9 Å². The van der Waals surface area contributed by atoms with Crippen molar-refractivity contribution in [2.45, 2.75) is 84.0 Å². The van der Waals surface area contributed by atoms with Crippen molar-refractivity contribution in [2.24, 2.45) is 0 Å². The lowest BCUT2D eigenvalue weighted by atomic mass is 10.1. The van der Waals surface area contributed by atoms with E-state index in [-0.39, 0.29) is 26.1 Å². The van der Waals surface area contributed by atoms with Crippen LogP contribution in [0.1, 0.15) is 45.6 Å². The zero-order valence-corrected chi connectivity index (χ0v) is 27.2. The summed E-state index contributed by atoms with van der Waals surface area (Å²) in [5.74, 6) is -1.74. The highest BCUT2D eigenvalue weighted by Crippen LogP contribution is 2.15. The summed E-state index contributed by atoms with van der Waals surface area (Å²) in [4.78, 5) is 61.0. The van der Waals surface area contributed by atoms with Gasteiger partial charge in [-0.1, -0.05) is 49.4 Å². The van der Waals surface area contributed by atoms with Crippen LogP contribution in [0.2, 0.25) is 30.7 Å². The monoisotopic (exact) mass is 628 g/mol. The third-order valence-corrected chi connectivity index (χ3v) is 7.55. The number of ether oxygens (including phenoxy) is 3. The highest BCUT2D eigenvalue weighted by Gasteiger charge is 2.24. The van der Waals surface area contributed by atoms with Crippen molar-refractivity contribution >= 4 is 49.6 Å². The molecule has 4 N–H and O–H groups in total. The molecular weight excluding hydrogens is 584 g/mol. The van der Waals surface area contributed by atoms with Gasteiger partial charge in [-0.15, -0.1) is 0 Å². The van der Waals surface area contributed by atoms with Crippen LogP contribution in [0.5, 0.6) is 0 Å². The lowest BCUT2D eigenvalue weighted by Crippen LogP contribution is -2.50. The predicted octanol–water partition coefficient (Wildman–Crippen LogP) is 3.74. The first-order valence-corrected chi connectivity index (χ1v) is 18.0. The Bertz CT molecular complexity index is 1060. The summed E-state index contributed by atoms with van der Waals surface area (Å²) in [6, 6.07) is 6.85. The molecule has 0 aliphatic heterocycles. The van der Waals surface area contributed by atoms with E-state index in [1.807, 2.05) is 0 Å². The summed E-state index contributed by atoms with van der Waals surface area (Å²) in [7, 11) is -1.35. The number of hydrogen-bond donors (Lipinski definition) is 4. The number of alkyl carbamates (subject to hydrolysis) is 2. The molecule has 236 valence electrons. The zero-order valence-electron chi connectivity index (χ0n) is 25.4. The summed E-state index contributed by atoms with van der Waals surface area (Å²) in [5, 5.41) is 10.5. The van der Waals surface area contributed by atoms with Gasteiger partial charge in [0.1, 0.15) is 24.8 Å². The van der Waals surface area contributed by atoms with E-state index < -0.39 is 56.2 Å². The van der Waals surface area contributed by atoms with Crippen molar-refractivity contribution in [1.82, 2.24) is 21.3 Å². The number of halogens is 1. The van der Waals surface area contributed by atoms with Crippen molar-refractivity contribution < 1.29 is 38.2 Å². The van der Waals surface area contributed by atoms with E-state index in [1.54, 1.807) is 45.0 Å². The third-order valence-electron chi connectivity index (χ3n) is 5.48. The molecule has 0 aliphatic carbocycles. The molecule has 1 atom stereocenters. The van der Waals surface area contributed by atoms with Crippen molar-refractivity contribution in [1.29, 1.82) is 0 Å². The third kappa shape index (κ3) is 18.2. The van der Waals surface area contributed by atoms with Gasteiger partial charge in [0.15, 0.2) is 0 Å². The number of benzene rings is 1. The fraction of sp³-hybridized carbons (Fsp3) is 0.607. The summed E-state index contributed by atoms with van der Waals surface area (Å²) >= 11 is 6.05. The number of carbonyl (C=O) groups excluding carboxylic acids is 5. The molecule has 1 aromatic rings. The van der Waals surface area contributed by atoms with E-state index in [0.717, 1.165) is 6.04 Å². The van der Waals surface area contributed by atoms with Gasteiger partial charge in [-0.3, -0.25) is 14.4 Å². The quantitative estimate of drug-likeness (QED) is 0.0932. The van der Waals surface area contributed by atoms with Crippen LogP contribution in [0.3, 0.4) is 0 Å². The number of hydrogen-bond acceptors (Lipinski definition) is 8. The topological polar surface area (TPSA) is 161 Å². The molecule has 0 heterocycles. The molecular formula is C28H45ClN4O8Si. The van der Waals surface area contributed by atoms with E-state index in [2.05, 4.69) is 40.9 Å². The van der Waals surface area contributed by atoms with Gasteiger partial charge in [-0.05, 0) is 52.1 Å². The first-order valence-electron chi connectivity index (χ1n) is 13.9. The zero-order chi connectivity index (χ0) is 31.8. The minimum Gasteiger partial charge on any atom is -0.465 e. The van der Waals surface area contributed by atoms with Gasteiger partial charge in [0.2, 0.25) is 11.8 Å². The van der Waals surface area contributed by atoms with Crippen LogP contribution < -0.4 is 21.3 Å². The second-order valence-corrected chi connectivity index (χ2v) is 17.8. The minimum atomic E-state index is -1.35. The molecule has 0 fully saturated rings. The smallest absolute Gasteiger partial charge is 0.408 e. The van der Waals surface area contributed by atoms with Gasteiger partial charge in [0, 0.05) is 25.2 Å². The molecule has 0 aromatic heterocycles. The Hall–Kier alpha value is -3.32. The second kappa shape index (κ2) is 18.3. The molecule has 1 aromatic carbocycles.